The number of amides is 2. The Morgan fingerprint density at radius 2 is 1.81 bits per heavy atom. The smallest absolute Gasteiger partial charge is 0.269 e. The number of primary amides is 1. The van der Waals surface area contributed by atoms with Crippen LogP contribution >= 0.6 is 0 Å². The standard InChI is InChI=1S/C21H20N8O2/c1-14-24-26-27-29(14)19(13-15-5-3-2-4-6-15)21(31)23-16-7-9-17(10-8-16)28-12-11-18(25-28)20(22)30/h2-12,19H,13H2,1H3,(H2,22,30)(H,23,31). The Balaban J connectivity index is 1.52. The number of aromatic nitrogens is 6. The third kappa shape index (κ3) is 4.47. The number of rotatable bonds is 7. The van der Waals surface area contributed by atoms with Crippen LogP contribution in [0.3, 0.4) is 0 Å². The van der Waals surface area contributed by atoms with Crippen LogP contribution in [0.4, 0.5) is 5.69 Å². The van der Waals surface area contributed by atoms with Crippen LogP contribution in [0.15, 0.2) is 66.9 Å². The van der Waals surface area contributed by atoms with Gasteiger partial charge in [-0.05, 0) is 53.2 Å². The number of hydrogen-bond acceptors (Lipinski definition) is 6. The van der Waals surface area contributed by atoms with E-state index in [1.807, 2.05) is 30.3 Å². The maximum absolute atomic E-state index is 13.1. The number of aryl methyl sites for hydroxylation is 1. The Morgan fingerprint density at radius 3 is 2.42 bits per heavy atom. The summed E-state index contributed by atoms with van der Waals surface area (Å²) in [6.45, 7) is 1.75. The van der Waals surface area contributed by atoms with Crippen LogP contribution in [-0.4, -0.2) is 41.8 Å². The van der Waals surface area contributed by atoms with E-state index in [1.165, 1.54) is 9.36 Å². The molecule has 4 rings (SSSR count). The molecular formula is C21H20N8O2. The third-order valence-corrected chi connectivity index (χ3v) is 4.77. The summed E-state index contributed by atoms with van der Waals surface area (Å²) in [5.41, 5.74) is 7.75. The Morgan fingerprint density at radius 1 is 1.06 bits per heavy atom. The summed E-state index contributed by atoms with van der Waals surface area (Å²) in [4.78, 5) is 24.3. The van der Waals surface area contributed by atoms with Crippen molar-refractivity contribution in [3.8, 4) is 5.69 Å². The van der Waals surface area contributed by atoms with E-state index in [-0.39, 0.29) is 11.6 Å². The van der Waals surface area contributed by atoms with Crippen LogP contribution in [-0.2, 0) is 11.2 Å². The van der Waals surface area contributed by atoms with Gasteiger partial charge >= 0.3 is 0 Å². The first kappa shape index (κ1) is 20.0. The van der Waals surface area contributed by atoms with E-state index in [9.17, 15) is 9.59 Å². The molecule has 0 aliphatic rings. The number of benzene rings is 2. The molecule has 1 unspecified atom stereocenters. The average molecular weight is 416 g/mol. The molecule has 10 nitrogen and oxygen atoms in total. The minimum absolute atomic E-state index is 0.179. The van der Waals surface area contributed by atoms with Gasteiger partial charge in [0.15, 0.2) is 0 Å². The van der Waals surface area contributed by atoms with Gasteiger partial charge in [-0.1, -0.05) is 30.3 Å². The summed E-state index contributed by atoms with van der Waals surface area (Å²) in [6, 6.07) is 17.7. The van der Waals surface area contributed by atoms with Crippen molar-refractivity contribution in [2.45, 2.75) is 19.4 Å². The van der Waals surface area contributed by atoms with Crippen molar-refractivity contribution < 1.29 is 9.59 Å². The second-order valence-electron chi connectivity index (χ2n) is 6.92. The largest absolute Gasteiger partial charge is 0.364 e. The number of nitrogens with one attached hydrogen (secondary N) is 1. The Bertz CT molecular complexity index is 1200. The van der Waals surface area contributed by atoms with Gasteiger partial charge in [-0.15, -0.1) is 5.10 Å². The van der Waals surface area contributed by atoms with Crippen molar-refractivity contribution in [3.05, 3.63) is 83.9 Å². The molecule has 4 aromatic rings. The molecular weight excluding hydrogens is 396 g/mol. The lowest BCUT2D eigenvalue weighted by molar-refractivity contribution is -0.119. The second kappa shape index (κ2) is 8.57. The second-order valence-corrected chi connectivity index (χ2v) is 6.92. The average Bonchev–Trinajstić information content (AvgIpc) is 3.43. The minimum atomic E-state index is -0.610. The van der Waals surface area contributed by atoms with Crippen molar-refractivity contribution >= 4 is 17.5 Å². The monoisotopic (exact) mass is 416 g/mol. The van der Waals surface area contributed by atoms with Crippen LogP contribution in [0.2, 0.25) is 0 Å². The Hall–Kier alpha value is -4.34. The third-order valence-electron chi connectivity index (χ3n) is 4.77. The van der Waals surface area contributed by atoms with Crippen LogP contribution in [0.1, 0.15) is 27.9 Å². The van der Waals surface area contributed by atoms with Crippen LogP contribution < -0.4 is 11.1 Å². The molecule has 0 bridgehead atoms. The minimum Gasteiger partial charge on any atom is -0.364 e. The van der Waals surface area contributed by atoms with E-state index in [4.69, 9.17) is 5.73 Å². The zero-order valence-corrected chi connectivity index (χ0v) is 16.7. The summed E-state index contributed by atoms with van der Waals surface area (Å²) in [6.07, 6.45) is 2.09. The molecule has 10 heteroatoms. The molecule has 0 spiro atoms. The maximum atomic E-state index is 13.1. The highest BCUT2D eigenvalue weighted by molar-refractivity contribution is 5.94. The topological polar surface area (TPSA) is 134 Å². The van der Waals surface area contributed by atoms with Gasteiger partial charge in [-0.25, -0.2) is 9.36 Å². The molecule has 2 amide bonds. The number of carbonyl (C=O) groups is 2. The highest BCUT2D eigenvalue weighted by Crippen LogP contribution is 2.19. The van der Waals surface area contributed by atoms with Gasteiger partial charge in [0.2, 0.25) is 5.91 Å². The van der Waals surface area contributed by atoms with E-state index < -0.39 is 11.9 Å². The molecule has 156 valence electrons. The molecule has 0 fully saturated rings. The Labute approximate surface area is 177 Å². The van der Waals surface area contributed by atoms with Crippen LogP contribution in [0.5, 0.6) is 0 Å². The molecule has 0 radical (unpaired) electrons. The molecule has 0 aliphatic carbocycles. The lowest BCUT2D eigenvalue weighted by Crippen LogP contribution is -2.29. The number of tetrazole rings is 1. The van der Waals surface area contributed by atoms with Gasteiger partial charge in [-0.2, -0.15) is 5.10 Å². The first-order valence-corrected chi connectivity index (χ1v) is 9.56. The lowest BCUT2D eigenvalue weighted by Gasteiger charge is -2.18. The number of nitrogens with two attached hydrogens (primary N) is 1. The van der Waals surface area contributed by atoms with Crippen molar-refractivity contribution in [1.29, 1.82) is 0 Å². The normalized spacial score (nSPS) is 11.8. The fourth-order valence-corrected chi connectivity index (χ4v) is 3.18. The number of hydrogen-bond donors (Lipinski definition) is 2. The molecule has 0 aliphatic heterocycles. The quantitative estimate of drug-likeness (QED) is 0.471. The van der Waals surface area contributed by atoms with Gasteiger partial charge in [0.05, 0.1) is 5.69 Å². The maximum Gasteiger partial charge on any atom is 0.269 e. The molecule has 2 aromatic heterocycles. The number of nitrogens with zero attached hydrogens (tertiary/aromatic N) is 6. The summed E-state index contributed by atoms with van der Waals surface area (Å²) in [5.74, 6) is -0.276. The van der Waals surface area contributed by atoms with Gasteiger partial charge in [-0.3, -0.25) is 9.59 Å². The zero-order valence-electron chi connectivity index (χ0n) is 16.7. The molecule has 0 saturated carbocycles. The van der Waals surface area contributed by atoms with Gasteiger partial charge in [0.1, 0.15) is 17.6 Å². The fourth-order valence-electron chi connectivity index (χ4n) is 3.18. The van der Waals surface area contributed by atoms with E-state index >= 15 is 0 Å². The molecule has 1 atom stereocenters. The predicted octanol–water partition coefficient (Wildman–Crippen LogP) is 1.69. The SMILES string of the molecule is Cc1nnnn1C(Cc1ccccc1)C(=O)Nc1ccc(-n2ccc(C(N)=O)n2)cc1. The van der Waals surface area contributed by atoms with Gasteiger partial charge in [0.25, 0.3) is 5.91 Å². The fraction of sp³-hybridized carbons (Fsp3) is 0.143. The van der Waals surface area contributed by atoms with Gasteiger partial charge in [0, 0.05) is 18.3 Å². The first-order chi connectivity index (χ1) is 15.0. The first-order valence-electron chi connectivity index (χ1n) is 9.56. The highest BCUT2D eigenvalue weighted by atomic mass is 16.2. The summed E-state index contributed by atoms with van der Waals surface area (Å²) >= 11 is 0. The lowest BCUT2D eigenvalue weighted by atomic mass is 10.1. The van der Waals surface area contributed by atoms with Crippen molar-refractivity contribution in [3.63, 3.8) is 0 Å². The van der Waals surface area contributed by atoms with E-state index in [0.29, 0.717) is 17.9 Å². The molecule has 31 heavy (non-hydrogen) atoms. The van der Waals surface area contributed by atoms with E-state index in [0.717, 1.165) is 11.3 Å². The Kier molecular flexibility index (Phi) is 5.52. The molecule has 3 N–H and O–H groups in total. The predicted molar refractivity (Wildman–Crippen MR) is 112 cm³/mol. The number of carbonyl (C=O) groups excluding carboxylic acids is 2. The van der Waals surface area contributed by atoms with Crippen molar-refractivity contribution in [2.24, 2.45) is 5.73 Å². The van der Waals surface area contributed by atoms with E-state index in [1.54, 1.807) is 43.5 Å². The van der Waals surface area contributed by atoms with Crippen LogP contribution in [0, 0.1) is 6.92 Å². The highest BCUT2D eigenvalue weighted by Gasteiger charge is 2.24. The number of anilines is 1. The molecule has 2 heterocycles. The molecule has 2 aromatic carbocycles. The summed E-state index contributed by atoms with van der Waals surface area (Å²) < 4.78 is 3.06. The molecule has 0 saturated heterocycles. The summed E-state index contributed by atoms with van der Waals surface area (Å²) in [7, 11) is 0. The van der Waals surface area contributed by atoms with Crippen molar-refractivity contribution in [2.75, 3.05) is 5.32 Å². The summed E-state index contributed by atoms with van der Waals surface area (Å²) in [5, 5.41) is 18.6. The zero-order chi connectivity index (χ0) is 21.8. The van der Waals surface area contributed by atoms with E-state index in [2.05, 4.69) is 25.9 Å². The van der Waals surface area contributed by atoms with Crippen LogP contribution in [0.25, 0.3) is 5.69 Å². The van der Waals surface area contributed by atoms with Crippen molar-refractivity contribution in [1.82, 2.24) is 30.0 Å². The van der Waals surface area contributed by atoms with Gasteiger partial charge < -0.3 is 11.1 Å².